The highest BCUT2D eigenvalue weighted by atomic mass is 16.5. The summed E-state index contributed by atoms with van der Waals surface area (Å²) in [6, 6.07) is 4.00. The van der Waals surface area contributed by atoms with Gasteiger partial charge in [-0.1, -0.05) is 0 Å². The van der Waals surface area contributed by atoms with Gasteiger partial charge in [-0.3, -0.25) is 0 Å². The molecule has 0 spiro atoms. The van der Waals surface area contributed by atoms with Gasteiger partial charge in [0.25, 0.3) is 0 Å². The van der Waals surface area contributed by atoms with Gasteiger partial charge in [0.15, 0.2) is 0 Å². The van der Waals surface area contributed by atoms with Crippen LogP contribution in [-0.2, 0) is 9.47 Å². The van der Waals surface area contributed by atoms with E-state index in [1.165, 1.54) is 0 Å². The number of nitriles is 1. The smallest absolute Gasteiger partial charge is 0.144 e. The average Bonchev–Trinajstić information content (AvgIpc) is 2.86. The van der Waals surface area contributed by atoms with Crippen LogP contribution in [0.4, 0.5) is 5.82 Å². The Kier molecular flexibility index (Phi) is 3.80. The molecule has 1 fully saturated rings. The van der Waals surface area contributed by atoms with Gasteiger partial charge in [-0.2, -0.15) is 5.26 Å². The summed E-state index contributed by atoms with van der Waals surface area (Å²) < 4.78 is 10.9. The zero-order valence-corrected chi connectivity index (χ0v) is 10.7. The zero-order valence-electron chi connectivity index (χ0n) is 10.7. The number of nitrogens with one attached hydrogen (secondary N) is 1. The molecule has 5 heteroatoms. The highest BCUT2D eigenvalue weighted by molar-refractivity contribution is 5.55. The highest BCUT2D eigenvalue weighted by Gasteiger charge is 2.35. The molecule has 1 unspecified atom stereocenters. The minimum absolute atomic E-state index is 0.307. The Morgan fingerprint density at radius 1 is 1.67 bits per heavy atom. The fraction of sp³-hybridized carbons (Fsp3) is 0.538. The van der Waals surface area contributed by atoms with Crippen molar-refractivity contribution in [2.45, 2.75) is 18.9 Å². The first-order valence-electron chi connectivity index (χ1n) is 5.93. The first kappa shape index (κ1) is 12.8. The molecule has 1 saturated heterocycles. The number of rotatable bonds is 4. The molecule has 1 aromatic rings. The molecule has 96 valence electrons. The molecule has 0 aliphatic carbocycles. The summed E-state index contributed by atoms with van der Waals surface area (Å²) in [4.78, 5) is 4.21. The lowest BCUT2D eigenvalue weighted by Crippen LogP contribution is -2.39. The monoisotopic (exact) mass is 247 g/mol. The van der Waals surface area contributed by atoms with Crippen molar-refractivity contribution >= 4 is 5.82 Å². The van der Waals surface area contributed by atoms with Crippen molar-refractivity contribution in [2.24, 2.45) is 0 Å². The van der Waals surface area contributed by atoms with Crippen LogP contribution in [0.5, 0.6) is 0 Å². The van der Waals surface area contributed by atoms with E-state index in [9.17, 15) is 0 Å². The van der Waals surface area contributed by atoms with Crippen molar-refractivity contribution in [1.29, 1.82) is 5.26 Å². The summed E-state index contributed by atoms with van der Waals surface area (Å²) >= 11 is 0. The standard InChI is InChI=1S/C13H17N3O2/c1-10-3-5-15-12(11(10)7-14)16-8-13(17-2)4-6-18-9-13/h3,5H,4,6,8-9H2,1-2H3,(H,15,16). The van der Waals surface area contributed by atoms with Crippen LogP contribution in [0.1, 0.15) is 17.5 Å². The molecule has 18 heavy (non-hydrogen) atoms. The lowest BCUT2D eigenvalue weighted by molar-refractivity contribution is -0.00625. The Morgan fingerprint density at radius 3 is 3.11 bits per heavy atom. The van der Waals surface area contributed by atoms with Gasteiger partial charge in [0.05, 0.1) is 12.2 Å². The normalized spacial score (nSPS) is 22.7. The molecule has 2 rings (SSSR count). The second-order valence-electron chi connectivity index (χ2n) is 4.51. The number of ether oxygens (including phenoxy) is 2. The topological polar surface area (TPSA) is 67.2 Å². The summed E-state index contributed by atoms with van der Waals surface area (Å²) in [7, 11) is 1.69. The van der Waals surface area contributed by atoms with E-state index in [0.717, 1.165) is 12.0 Å². The van der Waals surface area contributed by atoms with Crippen LogP contribution >= 0.6 is 0 Å². The largest absolute Gasteiger partial charge is 0.378 e. The molecular formula is C13H17N3O2. The van der Waals surface area contributed by atoms with Gasteiger partial charge in [0.1, 0.15) is 17.5 Å². The molecule has 1 aromatic heterocycles. The molecule has 2 heterocycles. The lowest BCUT2D eigenvalue weighted by atomic mass is 10.0. The van der Waals surface area contributed by atoms with Crippen molar-refractivity contribution in [3.05, 3.63) is 23.4 Å². The van der Waals surface area contributed by atoms with Gasteiger partial charge in [0.2, 0.25) is 0 Å². The lowest BCUT2D eigenvalue weighted by Gasteiger charge is -2.26. The number of anilines is 1. The van der Waals surface area contributed by atoms with E-state index < -0.39 is 0 Å². The molecule has 0 saturated carbocycles. The van der Waals surface area contributed by atoms with E-state index in [1.54, 1.807) is 13.3 Å². The van der Waals surface area contributed by atoms with Crippen LogP contribution in [0.15, 0.2) is 12.3 Å². The van der Waals surface area contributed by atoms with Crippen molar-refractivity contribution in [1.82, 2.24) is 4.98 Å². The molecule has 1 aliphatic heterocycles. The molecular weight excluding hydrogens is 230 g/mol. The Labute approximate surface area is 107 Å². The van der Waals surface area contributed by atoms with Gasteiger partial charge in [0, 0.05) is 32.9 Å². The number of hydrogen-bond acceptors (Lipinski definition) is 5. The third-order valence-electron chi connectivity index (χ3n) is 3.35. The van der Waals surface area contributed by atoms with Crippen LogP contribution in [0.3, 0.4) is 0 Å². The summed E-state index contributed by atoms with van der Waals surface area (Å²) in [6.07, 6.45) is 2.55. The van der Waals surface area contributed by atoms with Crippen LogP contribution < -0.4 is 5.32 Å². The Hall–Kier alpha value is -1.64. The van der Waals surface area contributed by atoms with Crippen molar-refractivity contribution < 1.29 is 9.47 Å². The van der Waals surface area contributed by atoms with Crippen LogP contribution in [0.2, 0.25) is 0 Å². The maximum absolute atomic E-state index is 9.13. The van der Waals surface area contributed by atoms with Crippen molar-refractivity contribution in [3.8, 4) is 6.07 Å². The van der Waals surface area contributed by atoms with Crippen LogP contribution in [-0.4, -0.2) is 37.5 Å². The maximum Gasteiger partial charge on any atom is 0.144 e. The van der Waals surface area contributed by atoms with Crippen LogP contribution in [0.25, 0.3) is 0 Å². The number of methoxy groups -OCH3 is 1. The van der Waals surface area contributed by atoms with Gasteiger partial charge in [-0.25, -0.2) is 4.98 Å². The predicted octanol–water partition coefficient (Wildman–Crippen LogP) is 1.48. The molecule has 1 aliphatic rings. The minimum atomic E-state index is -0.307. The molecule has 0 amide bonds. The maximum atomic E-state index is 9.13. The molecule has 1 atom stereocenters. The summed E-state index contributed by atoms with van der Waals surface area (Å²) in [6.45, 7) is 3.77. The fourth-order valence-electron chi connectivity index (χ4n) is 2.04. The number of aromatic nitrogens is 1. The second-order valence-corrected chi connectivity index (χ2v) is 4.51. The highest BCUT2D eigenvalue weighted by Crippen LogP contribution is 2.24. The quantitative estimate of drug-likeness (QED) is 0.872. The summed E-state index contributed by atoms with van der Waals surface area (Å²) in [5.41, 5.74) is 1.20. The van der Waals surface area contributed by atoms with Crippen molar-refractivity contribution in [3.63, 3.8) is 0 Å². The first-order chi connectivity index (χ1) is 8.71. The number of aryl methyl sites for hydroxylation is 1. The SMILES string of the molecule is COC1(CNc2nccc(C)c2C#N)CCOC1. The number of pyridine rings is 1. The van der Waals surface area contributed by atoms with E-state index in [4.69, 9.17) is 14.7 Å². The minimum Gasteiger partial charge on any atom is -0.378 e. The van der Waals surface area contributed by atoms with E-state index in [1.807, 2.05) is 13.0 Å². The number of hydrogen-bond donors (Lipinski definition) is 1. The predicted molar refractivity (Wildman–Crippen MR) is 67.4 cm³/mol. The van der Waals surface area contributed by atoms with Gasteiger partial charge < -0.3 is 14.8 Å². The third-order valence-corrected chi connectivity index (χ3v) is 3.35. The summed E-state index contributed by atoms with van der Waals surface area (Å²) in [5, 5.41) is 12.3. The fourth-order valence-corrected chi connectivity index (χ4v) is 2.04. The molecule has 0 aromatic carbocycles. The third kappa shape index (κ3) is 2.45. The van der Waals surface area contributed by atoms with E-state index in [2.05, 4.69) is 16.4 Å². The number of nitrogens with zero attached hydrogens (tertiary/aromatic N) is 2. The molecule has 1 N–H and O–H groups in total. The van der Waals surface area contributed by atoms with Gasteiger partial charge in [-0.05, 0) is 18.6 Å². The van der Waals surface area contributed by atoms with E-state index in [-0.39, 0.29) is 5.60 Å². The van der Waals surface area contributed by atoms with E-state index >= 15 is 0 Å². The molecule has 0 bridgehead atoms. The first-order valence-corrected chi connectivity index (χ1v) is 5.93. The van der Waals surface area contributed by atoms with E-state index in [0.29, 0.717) is 31.1 Å². The zero-order chi connectivity index (χ0) is 13.0. The molecule has 5 nitrogen and oxygen atoms in total. The van der Waals surface area contributed by atoms with Gasteiger partial charge in [-0.15, -0.1) is 0 Å². The van der Waals surface area contributed by atoms with Crippen molar-refractivity contribution in [2.75, 3.05) is 32.2 Å². The Bertz CT molecular complexity index is 462. The average molecular weight is 247 g/mol. The Balaban J connectivity index is 2.11. The second kappa shape index (κ2) is 5.34. The van der Waals surface area contributed by atoms with Crippen LogP contribution in [0, 0.1) is 18.3 Å². The summed E-state index contributed by atoms with van der Waals surface area (Å²) in [5.74, 6) is 0.612. The molecule has 0 radical (unpaired) electrons. The Morgan fingerprint density at radius 2 is 2.50 bits per heavy atom. The van der Waals surface area contributed by atoms with Gasteiger partial charge >= 0.3 is 0 Å².